The van der Waals surface area contributed by atoms with Crippen molar-refractivity contribution >= 4 is 11.3 Å². The van der Waals surface area contributed by atoms with Gasteiger partial charge in [-0.1, -0.05) is 0 Å². The molecule has 88 valence electrons. The molecule has 2 aromatic rings. The molecule has 2 heterocycles. The highest BCUT2D eigenvalue weighted by Gasteiger charge is 2.07. The molecular formula is C12H14N4S. The molecule has 17 heavy (non-hydrogen) atoms. The maximum absolute atomic E-state index is 8.73. The van der Waals surface area contributed by atoms with E-state index in [2.05, 4.69) is 23.4 Å². The Hall–Kier alpha value is -1.64. The minimum Gasteiger partial charge on any atom is -0.305 e. The number of nitrogens with zero attached hydrogens (tertiary/aromatic N) is 3. The molecule has 0 aliphatic carbocycles. The standard InChI is InChI=1S/C12H14N4S/c1-9(11-5-15-16(2)7-11)14-6-12-3-10(4-13)8-17-12/h3,5,7-9,14H,6H2,1-2H3. The lowest BCUT2D eigenvalue weighted by Gasteiger charge is -2.10. The first-order chi connectivity index (χ1) is 8.19. The molecule has 4 nitrogen and oxygen atoms in total. The minimum absolute atomic E-state index is 0.260. The van der Waals surface area contributed by atoms with Gasteiger partial charge in [-0.05, 0) is 13.0 Å². The lowest BCUT2D eigenvalue weighted by atomic mass is 10.2. The highest BCUT2D eigenvalue weighted by atomic mass is 32.1. The Morgan fingerprint density at radius 1 is 1.65 bits per heavy atom. The topological polar surface area (TPSA) is 53.6 Å². The lowest BCUT2D eigenvalue weighted by molar-refractivity contribution is 0.578. The van der Waals surface area contributed by atoms with Crippen LogP contribution in [0.2, 0.25) is 0 Å². The van der Waals surface area contributed by atoms with Crippen LogP contribution >= 0.6 is 11.3 Å². The number of hydrogen-bond donors (Lipinski definition) is 1. The fraction of sp³-hybridized carbons (Fsp3) is 0.333. The number of aryl methyl sites for hydroxylation is 1. The second-order valence-corrected chi connectivity index (χ2v) is 4.96. The molecule has 0 aromatic carbocycles. The van der Waals surface area contributed by atoms with Gasteiger partial charge < -0.3 is 5.32 Å². The molecule has 1 atom stereocenters. The second kappa shape index (κ2) is 5.13. The van der Waals surface area contributed by atoms with Crippen LogP contribution in [0.4, 0.5) is 0 Å². The van der Waals surface area contributed by atoms with E-state index in [9.17, 15) is 0 Å². The molecule has 0 fully saturated rings. The van der Waals surface area contributed by atoms with Gasteiger partial charge in [-0.25, -0.2) is 0 Å². The summed E-state index contributed by atoms with van der Waals surface area (Å²) < 4.78 is 1.80. The van der Waals surface area contributed by atoms with E-state index in [1.165, 1.54) is 10.4 Å². The van der Waals surface area contributed by atoms with E-state index in [1.807, 2.05) is 30.9 Å². The van der Waals surface area contributed by atoms with Crippen LogP contribution in [0.3, 0.4) is 0 Å². The number of hydrogen-bond acceptors (Lipinski definition) is 4. The fourth-order valence-electron chi connectivity index (χ4n) is 1.57. The van der Waals surface area contributed by atoms with E-state index in [1.54, 1.807) is 16.0 Å². The molecular weight excluding hydrogens is 232 g/mol. The van der Waals surface area contributed by atoms with Crippen molar-refractivity contribution in [3.8, 4) is 6.07 Å². The summed E-state index contributed by atoms with van der Waals surface area (Å²) in [5, 5.41) is 18.2. The van der Waals surface area contributed by atoms with Gasteiger partial charge in [0.25, 0.3) is 0 Å². The van der Waals surface area contributed by atoms with Crippen LogP contribution in [-0.4, -0.2) is 9.78 Å². The van der Waals surface area contributed by atoms with Gasteiger partial charge in [0.1, 0.15) is 6.07 Å². The van der Waals surface area contributed by atoms with Crippen molar-refractivity contribution in [1.82, 2.24) is 15.1 Å². The molecule has 2 rings (SSSR count). The van der Waals surface area contributed by atoms with Crippen LogP contribution in [-0.2, 0) is 13.6 Å². The number of thiophene rings is 1. The van der Waals surface area contributed by atoms with Crippen molar-refractivity contribution in [3.05, 3.63) is 39.8 Å². The highest BCUT2D eigenvalue weighted by Crippen LogP contribution is 2.16. The predicted molar refractivity (Wildman–Crippen MR) is 67.5 cm³/mol. The van der Waals surface area contributed by atoms with Crippen LogP contribution < -0.4 is 5.32 Å². The van der Waals surface area contributed by atoms with Gasteiger partial charge in [-0.15, -0.1) is 11.3 Å². The SMILES string of the molecule is CC(NCc1cc(C#N)cs1)c1cnn(C)c1. The van der Waals surface area contributed by atoms with E-state index in [0.717, 1.165) is 12.1 Å². The van der Waals surface area contributed by atoms with Crippen molar-refractivity contribution < 1.29 is 0 Å². The Bertz CT molecular complexity index is 535. The number of nitrogens with one attached hydrogen (secondary N) is 1. The Kier molecular flexibility index (Phi) is 3.57. The zero-order valence-corrected chi connectivity index (χ0v) is 10.7. The average Bonchev–Trinajstić information content (AvgIpc) is 2.94. The first kappa shape index (κ1) is 11.8. The van der Waals surface area contributed by atoms with Crippen LogP contribution in [0.25, 0.3) is 0 Å². The van der Waals surface area contributed by atoms with E-state index in [4.69, 9.17) is 5.26 Å². The average molecular weight is 246 g/mol. The predicted octanol–water partition coefficient (Wildman–Crippen LogP) is 2.20. The Balaban J connectivity index is 1.92. The Labute approximate surface area is 105 Å². The number of nitriles is 1. The van der Waals surface area contributed by atoms with Gasteiger partial charge in [0.2, 0.25) is 0 Å². The van der Waals surface area contributed by atoms with Crippen molar-refractivity contribution in [1.29, 1.82) is 5.26 Å². The molecule has 0 amide bonds. The van der Waals surface area contributed by atoms with E-state index in [-0.39, 0.29) is 6.04 Å². The second-order valence-electron chi connectivity index (χ2n) is 3.96. The normalized spacial score (nSPS) is 12.3. The van der Waals surface area contributed by atoms with Crippen molar-refractivity contribution in [2.24, 2.45) is 7.05 Å². The monoisotopic (exact) mass is 246 g/mol. The van der Waals surface area contributed by atoms with Gasteiger partial charge in [0.15, 0.2) is 0 Å². The lowest BCUT2D eigenvalue weighted by Crippen LogP contribution is -2.16. The molecule has 0 radical (unpaired) electrons. The summed E-state index contributed by atoms with van der Waals surface area (Å²) >= 11 is 1.61. The number of rotatable bonds is 4. The molecule has 1 unspecified atom stereocenters. The van der Waals surface area contributed by atoms with E-state index < -0.39 is 0 Å². The summed E-state index contributed by atoms with van der Waals surface area (Å²) in [5.41, 5.74) is 1.91. The zero-order valence-electron chi connectivity index (χ0n) is 9.84. The summed E-state index contributed by atoms with van der Waals surface area (Å²) in [4.78, 5) is 1.18. The third-order valence-electron chi connectivity index (χ3n) is 2.59. The molecule has 0 saturated heterocycles. The smallest absolute Gasteiger partial charge is 0.100 e. The molecule has 5 heteroatoms. The molecule has 0 aliphatic heterocycles. The van der Waals surface area contributed by atoms with Crippen LogP contribution in [0.1, 0.15) is 29.0 Å². The first-order valence-corrected chi connectivity index (χ1v) is 6.26. The maximum atomic E-state index is 8.73. The van der Waals surface area contributed by atoms with Crippen LogP contribution in [0, 0.1) is 11.3 Å². The van der Waals surface area contributed by atoms with Gasteiger partial charge >= 0.3 is 0 Å². The van der Waals surface area contributed by atoms with Gasteiger partial charge in [-0.2, -0.15) is 10.4 Å². The number of aromatic nitrogens is 2. The highest BCUT2D eigenvalue weighted by molar-refractivity contribution is 7.10. The largest absolute Gasteiger partial charge is 0.305 e. The molecule has 2 aromatic heterocycles. The first-order valence-electron chi connectivity index (χ1n) is 5.38. The third kappa shape index (κ3) is 2.93. The molecule has 1 N–H and O–H groups in total. The quantitative estimate of drug-likeness (QED) is 0.899. The minimum atomic E-state index is 0.260. The van der Waals surface area contributed by atoms with Crippen LogP contribution in [0.5, 0.6) is 0 Å². The van der Waals surface area contributed by atoms with Crippen molar-refractivity contribution in [3.63, 3.8) is 0 Å². The molecule has 0 saturated carbocycles. The molecule has 0 aliphatic rings. The van der Waals surface area contributed by atoms with Crippen molar-refractivity contribution in [2.75, 3.05) is 0 Å². The van der Waals surface area contributed by atoms with Gasteiger partial charge in [-0.3, -0.25) is 4.68 Å². The van der Waals surface area contributed by atoms with E-state index >= 15 is 0 Å². The summed E-state index contributed by atoms with van der Waals surface area (Å²) in [6.45, 7) is 2.89. The summed E-state index contributed by atoms with van der Waals surface area (Å²) in [7, 11) is 1.91. The van der Waals surface area contributed by atoms with Crippen molar-refractivity contribution in [2.45, 2.75) is 19.5 Å². The van der Waals surface area contributed by atoms with Gasteiger partial charge in [0, 0.05) is 41.7 Å². The Morgan fingerprint density at radius 2 is 2.47 bits per heavy atom. The van der Waals surface area contributed by atoms with E-state index in [0.29, 0.717) is 0 Å². The fourth-order valence-corrected chi connectivity index (χ4v) is 2.33. The third-order valence-corrected chi connectivity index (χ3v) is 3.53. The van der Waals surface area contributed by atoms with Crippen LogP contribution in [0.15, 0.2) is 23.8 Å². The molecule has 0 bridgehead atoms. The summed E-state index contributed by atoms with van der Waals surface area (Å²) in [6.07, 6.45) is 3.87. The van der Waals surface area contributed by atoms with Gasteiger partial charge in [0.05, 0.1) is 11.8 Å². The maximum Gasteiger partial charge on any atom is 0.100 e. The Morgan fingerprint density at radius 3 is 3.06 bits per heavy atom. The zero-order chi connectivity index (χ0) is 12.3. The summed E-state index contributed by atoms with van der Waals surface area (Å²) in [5.74, 6) is 0. The summed E-state index contributed by atoms with van der Waals surface area (Å²) in [6, 6.07) is 4.32. The molecule has 0 spiro atoms.